The minimum absolute atomic E-state index is 0.00243. The summed E-state index contributed by atoms with van der Waals surface area (Å²) in [7, 11) is -3.49. The van der Waals surface area contributed by atoms with Crippen LogP contribution in [0.15, 0.2) is 47.4 Å². The lowest BCUT2D eigenvalue weighted by molar-refractivity contribution is -0.137. The fraction of sp³-hybridized carbons (Fsp3) is 0.550. The molecule has 0 saturated heterocycles. The quantitative estimate of drug-likeness (QED) is 0.509. The maximum Gasteiger partial charge on any atom is 0.303 e. The molecular formula is C20H27NO4S. The minimum atomic E-state index is -3.49. The van der Waals surface area contributed by atoms with Gasteiger partial charge in [-0.05, 0) is 68.4 Å². The molecule has 2 saturated carbocycles. The van der Waals surface area contributed by atoms with Crippen LogP contribution in [0, 0.1) is 17.8 Å². The molecule has 0 heterocycles. The summed E-state index contributed by atoms with van der Waals surface area (Å²) >= 11 is 0. The summed E-state index contributed by atoms with van der Waals surface area (Å²) in [6.45, 7) is 0. The highest BCUT2D eigenvalue weighted by Gasteiger charge is 2.48. The Hall–Kier alpha value is -1.66. The molecule has 2 aliphatic carbocycles. The average Bonchev–Trinajstić information content (AvgIpc) is 3.20. The number of aliphatic carboxylic acids is 1. The van der Waals surface area contributed by atoms with Crippen LogP contribution in [0.5, 0.6) is 0 Å². The monoisotopic (exact) mass is 377 g/mol. The molecule has 2 fully saturated rings. The molecule has 6 heteroatoms. The Labute approximate surface area is 155 Å². The number of hydrogen-bond acceptors (Lipinski definition) is 3. The Balaban J connectivity index is 1.60. The number of carboxylic acid groups (broad SMARTS) is 1. The first-order valence-corrected chi connectivity index (χ1v) is 10.9. The van der Waals surface area contributed by atoms with Gasteiger partial charge in [0.2, 0.25) is 10.0 Å². The lowest BCUT2D eigenvalue weighted by Crippen LogP contribution is -2.43. The Morgan fingerprint density at radius 1 is 1.15 bits per heavy atom. The van der Waals surface area contributed by atoms with Crippen molar-refractivity contribution in [3.8, 4) is 0 Å². The molecule has 0 aliphatic heterocycles. The normalized spacial score (nSPS) is 28.0. The number of nitrogens with one attached hydrogen (secondary N) is 1. The maximum absolute atomic E-state index is 12.7. The lowest BCUT2D eigenvalue weighted by Gasteiger charge is -2.31. The van der Waals surface area contributed by atoms with Crippen LogP contribution in [0.2, 0.25) is 0 Å². The van der Waals surface area contributed by atoms with Crippen molar-refractivity contribution in [3.63, 3.8) is 0 Å². The molecule has 1 aromatic carbocycles. The van der Waals surface area contributed by atoms with E-state index >= 15 is 0 Å². The van der Waals surface area contributed by atoms with Gasteiger partial charge in [-0.1, -0.05) is 30.4 Å². The predicted molar refractivity (Wildman–Crippen MR) is 100 cm³/mol. The van der Waals surface area contributed by atoms with E-state index in [-0.39, 0.29) is 12.5 Å². The molecule has 0 unspecified atom stereocenters. The molecule has 2 bridgehead atoms. The van der Waals surface area contributed by atoms with E-state index in [1.807, 2.05) is 12.1 Å². The van der Waals surface area contributed by atoms with Gasteiger partial charge in [0.1, 0.15) is 0 Å². The number of allylic oxidation sites excluding steroid dienone is 2. The summed E-state index contributed by atoms with van der Waals surface area (Å²) in [6, 6.07) is 8.57. The van der Waals surface area contributed by atoms with Gasteiger partial charge in [0, 0.05) is 12.5 Å². The molecule has 5 nitrogen and oxygen atoms in total. The standard InChI is InChI=1S/C20H27NO4S/c22-19(23)11-7-2-1-6-10-18-15-12-13-16(14-15)20(18)21-26(24,25)17-8-4-3-5-9-17/h1,3-6,8-9,15-16,18,20-21H,2,7,10-14H2,(H,22,23)/b6-1+/t15-,16+,18+,20+/m1/s1. The third-order valence-electron chi connectivity index (χ3n) is 5.77. The Kier molecular flexibility index (Phi) is 6.14. The van der Waals surface area contributed by atoms with E-state index in [9.17, 15) is 13.2 Å². The molecule has 2 aliphatic rings. The molecule has 0 aromatic heterocycles. The zero-order valence-corrected chi connectivity index (χ0v) is 15.7. The maximum atomic E-state index is 12.7. The molecule has 3 rings (SSSR count). The zero-order chi connectivity index (χ0) is 18.6. The summed E-state index contributed by atoms with van der Waals surface area (Å²) < 4.78 is 28.4. The summed E-state index contributed by atoms with van der Waals surface area (Å²) in [5.74, 6) is 0.598. The predicted octanol–water partition coefficient (Wildman–Crippen LogP) is 3.58. The third-order valence-corrected chi connectivity index (χ3v) is 7.24. The number of hydrogen-bond donors (Lipinski definition) is 2. The number of fused-ring (bicyclic) bond motifs is 2. The molecule has 0 radical (unpaired) electrons. The van der Waals surface area contributed by atoms with Crippen LogP contribution in [0.4, 0.5) is 0 Å². The van der Waals surface area contributed by atoms with Crippen molar-refractivity contribution in [1.29, 1.82) is 0 Å². The Bertz CT molecular complexity index is 744. The molecule has 142 valence electrons. The minimum Gasteiger partial charge on any atom is -0.481 e. The molecule has 2 N–H and O–H groups in total. The van der Waals surface area contributed by atoms with Gasteiger partial charge in [0.15, 0.2) is 0 Å². The highest BCUT2D eigenvalue weighted by molar-refractivity contribution is 7.89. The molecule has 0 amide bonds. The highest BCUT2D eigenvalue weighted by atomic mass is 32.2. The first-order valence-electron chi connectivity index (χ1n) is 9.41. The summed E-state index contributed by atoms with van der Waals surface area (Å²) in [4.78, 5) is 10.9. The topological polar surface area (TPSA) is 83.5 Å². The molecule has 0 spiro atoms. The largest absolute Gasteiger partial charge is 0.481 e. The van der Waals surface area contributed by atoms with Crippen molar-refractivity contribution in [2.24, 2.45) is 17.8 Å². The van der Waals surface area contributed by atoms with Crippen LogP contribution in [-0.2, 0) is 14.8 Å². The van der Waals surface area contributed by atoms with Crippen molar-refractivity contribution in [1.82, 2.24) is 4.72 Å². The van der Waals surface area contributed by atoms with E-state index < -0.39 is 16.0 Å². The summed E-state index contributed by atoms with van der Waals surface area (Å²) in [5.41, 5.74) is 0. The molecular weight excluding hydrogens is 350 g/mol. The smallest absolute Gasteiger partial charge is 0.303 e. The van der Waals surface area contributed by atoms with Gasteiger partial charge in [0.25, 0.3) is 0 Å². The van der Waals surface area contributed by atoms with E-state index in [0.717, 1.165) is 25.7 Å². The first-order chi connectivity index (χ1) is 12.5. The van der Waals surface area contributed by atoms with E-state index in [1.54, 1.807) is 24.3 Å². The Morgan fingerprint density at radius 3 is 2.62 bits per heavy atom. The molecule has 1 aromatic rings. The van der Waals surface area contributed by atoms with Crippen LogP contribution < -0.4 is 4.72 Å². The van der Waals surface area contributed by atoms with Gasteiger partial charge in [-0.15, -0.1) is 0 Å². The number of carboxylic acids is 1. The highest BCUT2D eigenvalue weighted by Crippen LogP contribution is 2.50. The second kappa shape index (κ2) is 8.35. The fourth-order valence-electron chi connectivity index (χ4n) is 4.52. The zero-order valence-electron chi connectivity index (χ0n) is 14.9. The number of carbonyl (C=O) groups is 1. The van der Waals surface area contributed by atoms with Gasteiger partial charge in [-0.3, -0.25) is 4.79 Å². The SMILES string of the molecule is O=C(O)CCC/C=C/C[C@H]1[C@@H]2CC[C@@H](C2)[C@@H]1NS(=O)(=O)c1ccccc1. The van der Waals surface area contributed by atoms with Gasteiger partial charge in [-0.25, -0.2) is 13.1 Å². The summed E-state index contributed by atoms with van der Waals surface area (Å²) in [5, 5.41) is 8.66. The van der Waals surface area contributed by atoms with Crippen molar-refractivity contribution in [2.45, 2.75) is 55.9 Å². The Morgan fingerprint density at radius 2 is 1.88 bits per heavy atom. The van der Waals surface area contributed by atoms with Crippen LogP contribution in [-0.4, -0.2) is 25.5 Å². The number of sulfonamides is 1. The van der Waals surface area contributed by atoms with Gasteiger partial charge in [-0.2, -0.15) is 0 Å². The second-order valence-electron chi connectivity index (χ2n) is 7.45. The number of unbranched alkanes of at least 4 members (excludes halogenated alkanes) is 1. The van der Waals surface area contributed by atoms with Crippen molar-refractivity contribution in [3.05, 3.63) is 42.5 Å². The van der Waals surface area contributed by atoms with E-state index in [4.69, 9.17) is 5.11 Å². The van der Waals surface area contributed by atoms with E-state index in [2.05, 4.69) is 10.8 Å². The lowest BCUT2D eigenvalue weighted by atomic mass is 9.83. The second-order valence-corrected chi connectivity index (χ2v) is 9.16. The van der Waals surface area contributed by atoms with Crippen LogP contribution in [0.3, 0.4) is 0 Å². The van der Waals surface area contributed by atoms with Gasteiger partial charge in [0.05, 0.1) is 4.90 Å². The molecule has 26 heavy (non-hydrogen) atoms. The van der Waals surface area contributed by atoms with Crippen LogP contribution in [0.25, 0.3) is 0 Å². The van der Waals surface area contributed by atoms with Crippen molar-refractivity contribution < 1.29 is 18.3 Å². The number of benzene rings is 1. The average molecular weight is 378 g/mol. The van der Waals surface area contributed by atoms with Gasteiger partial charge >= 0.3 is 5.97 Å². The summed E-state index contributed by atoms with van der Waals surface area (Å²) in [6.07, 6.45) is 10.00. The van der Waals surface area contributed by atoms with Crippen molar-refractivity contribution >= 4 is 16.0 Å². The van der Waals surface area contributed by atoms with Crippen molar-refractivity contribution in [2.75, 3.05) is 0 Å². The number of rotatable bonds is 9. The first kappa shape index (κ1) is 19.1. The fourth-order valence-corrected chi connectivity index (χ4v) is 5.90. The van der Waals surface area contributed by atoms with E-state index in [0.29, 0.717) is 29.1 Å². The van der Waals surface area contributed by atoms with E-state index in [1.165, 1.54) is 6.42 Å². The van der Waals surface area contributed by atoms with Crippen LogP contribution >= 0.6 is 0 Å². The van der Waals surface area contributed by atoms with Crippen LogP contribution in [0.1, 0.15) is 44.9 Å². The molecule has 4 atom stereocenters. The van der Waals surface area contributed by atoms with Gasteiger partial charge < -0.3 is 5.11 Å². The third kappa shape index (κ3) is 4.54.